The highest BCUT2D eigenvalue weighted by Crippen LogP contribution is 2.27. The maximum atomic E-state index is 12.1. The van der Waals surface area contributed by atoms with Gasteiger partial charge in [-0.05, 0) is 25.0 Å². The molecule has 1 aliphatic rings. The number of carbonyl (C=O) groups excluding carboxylic acids is 1. The van der Waals surface area contributed by atoms with Gasteiger partial charge in [0.1, 0.15) is 11.3 Å². The highest BCUT2D eigenvalue weighted by molar-refractivity contribution is 5.92. The molecule has 2 heterocycles. The topological polar surface area (TPSA) is 66.6 Å². The fraction of sp³-hybridized carbons (Fsp3) is 0.467. The van der Waals surface area contributed by atoms with Crippen molar-refractivity contribution >= 4 is 11.6 Å². The van der Waals surface area contributed by atoms with E-state index in [9.17, 15) is 9.90 Å². The average Bonchev–Trinajstić information content (AvgIpc) is 2.89. The van der Waals surface area contributed by atoms with Crippen molar-refractivity contribution in [3.05, 3.63) is 36.3 Å². The van der Waals surface area contributed by atoms with E-state index in [0.29, 0.717) is 12.2 Å². The van der Waals surface area contributed by atoms with E-state index in [4.69, 9.17) is 0 Å². The number of pyridine rings is 1. The molecular formula is C15H19N3O2. The number of rotatable bonds is 3. The van der Waals surface area contributed by atoms with Crippen LogP contribution in [-0.4, -0.2) is 32.5 Å². The van der Waals surface area contributed by atoms with Crippen LogP contribution in [0.2, 0.25) is 0 Å². The molecule has 5 heteroatoms. The van der Waals surface area contributed by atoms with Crippen LogP contribution in [0.1, 0.15) is 42.6 Å². The third kappa shape index (κ3) is 2.67. The van der Waals surface area contributed by atoms with Crippen LogP contribution >= 0.6 is 0 Å². The molecule has 1 saturated carbocycles. The minimum Gasteiger partial charge on any atom is -0.388 e. The lowest BCUT2D eigenvalue weighted by Crippen LogP contribution is -2.44. The first-order valence-corrected chi connectivity index (χ1v) is 7.11. The van der Waals surface area contributed by atoms with Gasteiger partial charge in [0.2, 0.25) is 0 Å². The van der Waals surface area contributed by atoms with E-state index in [-0.39, 0.29) is 5.91 Å². The Bertz CT molecular complexity index is 581. The summed E-state index contributed by atoms with van der Waals surface area (Å²) in [6.45, 7) is 0.305. The van der Waals surface area contributed by atoms with E-state index < -0.39 is 5.60 Å². The average molecular weight is 273 g/mol. The minimum atomic E-state index is -0.743. The Kier molecular flexibility index (Phi) is 3.44. The first-order chi connectivity index (χ1) is 9.66. The second kappa shape index (κ2) is 5.25. The van der Waals surface area contributed by atoms with Gasteiger partial charge in [0.25, 0.3) is 5.91 Å². The van der Waals surface area contributed by atoms with Gasteiger partial charge in [0.15, 0.2) is 0 Å². The van der Waals surface area contributed by atoms with Crippen LogP contribution in [0.3, 0.4) is 0 Å². The number of nitrogens with zero attached hydrogens (tertiary/aromatic N) is 2. The van der Waals surface area contributed by atoms with Crippen LogP contribution in [0.5, 0.6) is 0 Å². The fourth-order valence-electron chi connectivity index (χ4n) is 2.77. The molecule has 0 bridgehead atoms. The largest absolute Gasteiger partial charge is 0.388 e. The number of carbonyl (C=O) groups is 1. The van der Waals surface area contributed by atoms with Gasteiger partial charge in [-0.25, -0.2) is 4.98 Å². The van der Waals surface area contributed by atoms with Gasteiger partial charge in [-0.15, -0.1) is 0 Å². The molecule has 106 valence electrons. The number of aromatic nitrogens is 2. The molecule has 0 saturated heterocycles. The van der Waals surface area contributed by atoms with Crippen LogP contribution in [0.25, 0.3) is 5.65 Å². The van der Waals surface area contributed by atoms with Crippen LogP contribution < -0.4 is 5.32 Å². The highest BCUT2D eigenvalue weighted by atomic mass is 16.3. The number of aliphatic hydroxyl groups is 1. The van der Waals surface area contributed by atoms with Gasteiger partial charge >= 0.3 is 0 Å². The molecule has 0 unspecified atom stereocenters. The number of imidazole rings is 1. The standard InChI is InChI=1S/C15H19N3O2/c19-14(16-11-15(20)7-3-1-4-8-15)12-10-18-9-5-2-6-13(18)17-12/h2,5-6,9-10,20H,1,3-4,7-8,11H2,(H,16,19). The van der Waals surface area contributed by atoms with Gasteiger partial charge in [-0.1, -0.05) is 25.3 Å². The summed E-state index contributed by atoms with van der Waals surface area (Å²) >= 11 is 0. The molecule has 1 fully saturated rings. The second-order valence-electron chi connectivity index (χ2n) is 5.56. The Morgan fingerprint density at radius 1 is 1.35 bits per heavy atom. The van der Waals surface area contributed by atoms with Gasteiger partial charge in [0.05, 0.1) is 5.60 Å². The number of nitrogens with one attached hydrogen (secondary N) is 1. The van der Waals surface area contributed by atoms with Crippen molar-refractivity contribution in [2.24, 2.45) is 0 Å². The molecule has 0 spiro atoms. The monoisotopic (exact) mass is 273 g/mol. The molecule has 0 atom stereocenters. The van der Waals surface area contributed by atoms with E-state index in [1.54, 1.807) is 6.20 Å². The summed E-state index contributed by atoms with van der Waals surface area (Å²) in [6, 6.07) is 5.63. The van der Waals surface area contributed by atoms with Crippen LogP contribution in [0.15, 0.2) is 30.6 Å². The van der Waals surface area contributed by atoms with Gasteiger partial charge < -0.3 is 14.8 Å². The Morgan fingerprint density at radius 3 is 2.90 bits per heavy atom. The molecule has 2 N–H and O–H groups in total. The predicted octanol–water partition coefficient (Wildman–Crippen LogP) is 1.76. The van der Waals surface area contributed by atoms with Crippen LogP contribution in [-0.2, 0) is 0 Å². The SMILES string of the molecule is O=C(NCC1(O)CCCCC1)c1cn2ccccc2n1. The zero-order valence-electron chi connectivity index (χ0n) is 11.4. The Morgan fingerprint density at radius 2 is 2.15 bits per heavy atom. The van der Waals surface area contributed by atoms with Crippen molar-refractivity contribution in [1.82, 2.24) is 14.7 Å². The lowest BCUT2D eigenvalue weighted by Gasteiger charge is -2.31. The maximum absolute atomic E-state index is 12.1. The first-order valence-electron chi connectivity index (χ1n) is 7.11. The first kappa shape index (κ1) is 13.1. The quantitative estimate of drug-likeness (QED) is 0.895. The molecule has 20 heavy (non-hydrogen) atoms. The zero-order valence-corrected chi connectivity index (χ0v) is 11.4. The number of hydrogen-bond donors (Lipinski definition) is 2. The summed E-state index contributed by atoms with van der Waals surface area (Å²) in [5, 5.41) is 13.2. The molecule has 0 aliphatic heterocycles. The van der Waals surface area contributed by atoms with Crippen LogP contribution in [0, 0.1) is 0 Å². The third-order valence-electron chi connectivity index (χ3n) is 3.96. The molecule has 0 radical (unpaired) electrons. The number of hydrogen-bond acceptors (Lipinski definition) is 3. The molecule has 1 aliphatic carbocycles. The van der Waals surface area contributed by atoms with E-state index in [0.717, 1.165) is 31.3 Å². The highest BCUT2D eigenvalue weighted by Gasteiger charge is 2.29. The Labute approximate surface area is 117 Å². The van der Waals surface area contributed by atoms with Gasteiger partial charge in [0, 0.05) is 18.9 Å². The molecule has 3 rings (SSSR count). The van der Waals surface area contributed by atoms with Crippen molar-refractivity contribution in [2.45, 2.75) is 37.7 Å². The summed E-state index contributed by atoms with van der Waals surface area (Å²) < 4.78 is 1.81. The molecule has 2 aromatic rings. The number of fused-ring (bicyclic) bond motifs is 1. The lowest BCUT2D eigenvalue weighted by atomic mass is 9.85. The smallest absolute Gasteiger partial charge is 0.271 e. The summed E-state index contributed by atoms with van der Waals surface area (Å²) in [4.78, 5) is 16.4. The number of amides is 1. The van der Waals surface area contributed by atoms with Gasteiger partial charge in [-0.3, -0.25) is 4.79 Å². The van der Waals surface area contributed by atoms with Gasteiger partial charge in [-0.2, -0.15) is 0 Å². The maximum Gasteiger partial charge on any atom is 0.271 e. The zero-order chi connectivity index (χ0) is 14.0. The van der Waals surface area contributed by atoms with Crippen molar-refractivity contribution < 1.29 is 9.90 Å². The van der Waals surface area contributed by atoms with E-state index in [1.807, 2.05) is 28.8 Å². The van der Waals surface area contributed by atoms with Crippen molar-refractivity contribution in [2.75, 3.05) is 6.54 Å². The van der Waals surface area contributed by atoms with E-state index >= 15 is 0 Å². The molecular weight excluding hydrogens is 254 g/mol. The molecule has 1 amide bonds. The summed E-state index contributed by atoms with van der Waals surface area (Å²) in [7, 11) is 0. The third-order valence-corrected chi connectivity index (χ3v) is 3.96. The molecule has 2 aromatic heterocycles. The summed E-state index contributed by atoms with van der Waals surface area (Å²) in [5.41, 5.74) is 0.386. The van der Waals surface area contributed by atoms with Crippen molar-refractivity contribution in [1.29, 1.82) is 0 Å². The van der Waals surface area contributed by atoms with Crippen molar-refractivity contribution in [3.8, 4) is 0 Å². The summed E-state index contributed by atoms with van der Waals surface area (Å²) in [6.07, 6.45) is 8.31. The lowest BCUT2D eigenvalue weighted by molar-refractivity contribution is 0.00522. The van der Waals surface area contributed by atoms with Crippen molar-refractivity contribution in [3.63, 3.8) is 0 Å². The fourth-order valence-corrected chi connectivity index (χ4v) is 2.77. The Balaban J connectivity index is 1.66. The summed E-state index contributed by atoms with van der Waals surface area (Å²) in [5.74, 6) is -0.229. The van der Waals surface area contributed by atoms with E-state index in [1.165, 1.54) is 6.42 Å². The minimum absolute atomic E-state index is 0.229. The van der Waals surface area contributed by atoms with E-state index in [2.05, 4.69) is 10.3 Å². The predicted molar refractivity (Wildman–Crippen MR) is 75.6 cm³/mol. The molecule has 5 nitrogen and oxygen atoms in total. The van der Waals surface area contributed by atoms with Crippen LogP contribution in [0.4, 0.5) is 0 Å². The molecule has 0 aromatic carbocycles. The normalized spacial score (nSPS) is 18.1. The Hall–Kier alpha value is -1.88. The second-order valence-corrected chi connectivity index (χ2v) is 5.56.